The highest BCUT2D eigenvalue weighted by atomic mass is 14.0. The number of hydrogen-bond donors (Lipinski definition) is 0. The maximum Gasteiger partial charge on any atom is -0.0238 e. The van der Waals surface area contributed by atoms with Crippen LogP contribution in [0.1, 0.15) is 26.7 Å². The zero-order valence-electron chi connectivity index (χ0n) is 9.29. The predicted molar refractivity (Wildman–Crippen MR) is 66.3 cm³/mol. The van der Waals surface area contributed by atoms with E-state index >= 15 is 0 Å². The Morgan fingerprint density at radius 1 is 1.43 bits per heavy atom. The summed E-state index contributed by atoms with van der Waals surface area (Å²) in [5.74, 6) is 0. The maximum absolute atomic E-state index is 3.98. The summed E-state index contributed by atoms with van der Waals surface area (Å²) in [4.78, 5) is 0. The average molecular weight is 188 g/mol. The molecule has 0 amide bonds. The highest BCUT2D eigenvalue weighted by Gasteiger charge is 1.99. The molecule has 0 heterocycles. The number of rotatable bonds is 3. The third kappa shape index (κ3) is 4.66. The van der Waals surface area contributed by atoms with Gasteiger partial charge in [0.25, 0.3) is 0 Å². The van der Waals surface area contributed by atoms with Gasteiger partial charge in [0.2, 0.25) is 0 Å². The first-order valence-corrected chi connectivity index (χ1v) is 5.18. The molecule has 0 bridgehead atoms. The second-order valence-corrected chi connectivity index (χ2v) is 2.78. The van der Waals surface area contributed by atoms with Gasteiger partial charge in [0, 0.05) is 0 Å². The van der Waals surface area contributed by atoms with Gasteiger partial charge in [-0.3, -0.25) is 0 Å². The minimum absolute atomic E-state index is 1.10. The molecule has 0 fully saturated rings. The molecule has 1 aliphatic rings. The monoisotopic (exact) mass is 188 g/mol. The van der Waals surface area contributed by atoms with Gasteiger partial charge in [-0.25, -0.2) is 0 Å². The van der Waals surface area contributed by atoms with Gasteiger partial charge in [-0.15, -0.1) is 0 Å². The Labute approximate surface area is 88.0 Å². The van der Waals surface area contributed by atoms with E-state index < -0.39 is 0 Å². The maximum atomic E-state index is 3.98. The van der Waals surface area contributed by atoms with Crippen molar-refractivity contribution in [3.05, 3.63) is 60.8 Å². The van der Waals surface area contributed by atoms with Gasteiger partial charge in [-0.1, -0.05) is 63.5 Å². The van der Waals surface area contributed by atoms with E-state index in [1.807, 2.05) is 26.0 Å². The average Bonchev–Trinajstić information content (AvgIpc) is 2.30. The summed E-state index contributed by atoms with van der Waals surface area (Å²) in [5.41, 5.74) is 2.43. The molecule has 0 N–H and O–H groups in total. The van der Waals surface area contributed by atoms with Gasteiger partial charge >= 0.3 is 0 Å². The van der Waals surface area contributed by atoms with E-state index in [0.29, 0.717) is 0 Å². The van der Waals surface area contributed by atoms with Crippen LogP contribution in [0.2, 0.25) is 0 Å². The lowest BCUT2D eigenvalue weighted by Gasteiger charge is -2.07. The molecule has 0 spiro atoms. The summed E-state index contributed by atoms with van der Waals surface area (Å²) < 4.78 is 0. The first-order chi connectivity index (χ1) is 6.84. The van der Waals surface area contributed by atoms with Gasteiger partial charge < -0.3 is 0 Å². The van der Waals surface area contributed by atoms with Crippen molar-refractivity contribution in [1.82, 2.24) is 0 Å². The normalized spacial score (nSPS) is 14.3. The Morgan fingerprint density at radius 3 is 2.64 bits per heavy atom. The van der Waals surface area contributed by atoms with E-state index in [1.54, 1.807) is 6.08 Å². The van der Waals surface area contributed by atoms with Crippen LogP contribution in [0.25, 0.3) is 0 Å². The van der Waals surface area contributed by atoms with Crippen molar-refractivity contribution in [2.45, 2.75) is 26.7 Å². The molecule has 0 aromatic heterocycles. The predicted octanol–water partition coefficient (Wildman–Crippen LogP) is 4.59. The lowest BCUT2D eigenvalue weighted by Crippen LogP contribution is -1.88. The van der Waals surface area contributed by atoms with Crippen molar-refractivity contribution in [2.24, 2.45) is 0 Å². The zero-order valence-corrected chi connectivity index (χ0v) is 9.29. The van der Waals surface area contributed by atoms with Gasteiger partial charge in [-0.2, -0.15) is 0 Å². The molecule has 0 saturated heterocycles. The van der Waals surface area contributed by atoms with Gasteiger partial charge in [0.15, 0.2) is 0 Å². The molecule has 0 aromatic rings. The van der Waals surface area contributed by atoms with Gasteiger partial charge in [0.1, 0.15) is 0 Å². The molecule has 0 radical (unpaired) electrons. The van der Waals surface area contributed by atoms with Crippen LogP contribution in [0.3, 0.4) is 0 Å². The van der Waals surface area contributed by atoms with E-state index in [2.05, 4.69) is 31.4 Å². The molecule has 0 aliphatic heterocycles. The molecule has 0 unspecified atom stereocenters. The molecule has 0 saturated carbocycles. The van der Waals surface area contributed by atoms with E-state index in [4.69, 9.17) is 0 Å². The summed E-state index contributed by atoms with van der Waals surface area (Å²) in [6.45, 7) is 11.6. The summed E-state index contributed by atoms with van der Waals surface area (Å²) in [6.07, 6.45) is 14.3. The fourth-order valence-electron chi connectivity index (χ4n) is 1.16. The fraction of sp³-hybridized carbons (Fsp3) is 0.286. The van der Waals surface area contributed by atoms with Crippen molar-refractivity contribution in [3.8, 4) is 0 Å². The molecule has 76 valence electrons. The Balaban J connectivity index is 0.000000791. The molecule has 0 aromatic carbocycles. The first kappa shape index (κ1) is 12.7. The lowest BCUT2D eigenvalue weighted by atomic mass is 9.98. The number of hydrogen-bond acceptors (Lipinski definition) is 0. The summed E-state index contributed by atoms with van der Waals surface area (Å²) in [6, 6.07) is 0. The van der Waals surface area contributed by atoms with Crippen molar-refractivity contribution in [3.63, 3.8) is 0 Å². The summed E-state index contributed by atoms with van der Waals surface area (Å²) in [5, 5.41) is 0. The minimum Gasteiger partial charge on any atom is -0.0991 e. The Bertz CT molecular complexity index is 262. The standard InChI is InChI=1S/C12H14.C2H6/c1-3-4-8-11(2)12-9-6-5-7-10-12;1-2/h3-6,8-9H,1-2,7,10H2;1-2H3/b8-4-;. The molecule has 0 atom stereocenters. The highest BCUT2D eigenvalue weighted by molar-refractivity contribution is 5.41. The van der Waals surface area contributed by atoms with Crippen LogP contribution in [-0.2, 0) is 0 Å². The van der Waals surface area contributed by atoms with Crippen LogP contribution in [-0.4, -0.2) is 0 Å². The first-order valence-electron chi connectivity index (χ1n) is 5.18. The largest absolute Gasteiger partial charge is 0.0991 e. The van der Waals surface area contributed by atoms with E-state index in [1.165, 1.54) is 5.57 Å². The van der Waals surface area contributed by atoms with E-state index in [0.717, 1.165) is 18.4 Å². The molecule has 14 heavy (non-hydrogen) atoms. The summed E-state index contributed by atoms with van der Waals surface area (Å²) in [7, 11) is 0. The van der Waals surface area contributed by atoms with Crippen molar-refractivity contribution < 1.29 is 0 Å². The smallest absolute Gasteiger partial charge is 0.0238 e. The fourth-order valence-corrected chi connectivity index (χ4v) is 1.16. The summed E-state index contributed by atoms with van der Waals surface area (Å²) >= 11 is 0. The molecule has 1 rings (SSSR count). The van der Waals surface area contributed by atoms with Crippen LogP contribution < -0.4 is 0 Å². The second-order valence-electron chi connectivity index (χ2n) is 2.78. The molecule has 0 nitrogen and oxygen atoms in total. The SMILES string of the molecule is C=C/C=C\C(=C)C1=CC=CCC1.CC. The lowest BCUT2D eigenvalue weighted by molar-refractivity contribution is 0.979. The Hall–Kier alpha value is -1.30. The van der Waals surface area contributed by atoms with Crippen molar-refractivity contribution in [1.29, 1.82) is 0 Å². The van der Waals surface area contributed by atoms with Crippen LogP contribution in [0.5, 0.6) is 0 Å². The van der Waals surface area contributed by atoms with Crippen LogP contribution in [0.15, 0.2) is 60.8 Å². The van der Waals surface area contributed by atoms with Gasteiger partial charge in [0.05, 0.1) is 0 Å². The Kier molecular flexibility index (Phi) is 7.53. The minimum atomic E-state index is 1.10. The second kappa shape index (κ2) is 8.31. The third-order valence-electron chi connectivity index (χ3n) is 1.86. The highest BCUT2D eigenvalue weighted by Crippen LogP contribution is 2.19. The van der Waals surface area contributed by atoms with E-state index in [9.17, 15) is 0 Å². The van der Waals surface area contributed by atoms with Crippen molar-refractivity contribution in [2.75, 3.05) is 0 Å². The third-order valence-corrected chi connectivity index (χ3v) is 1.86. The topological polar surface area (TPSA) is 0 Å². The quantitative estimate of drug-likeness (QED) is 0.568. The molecule has 0 heteroatoms. The van der Waals surface area contributed by atoms with Crippen molar-refractivity contribution >= 4 is 0 Å². The van der Waals surface area contributed by atoms with E-state index in [-0.39, 0.29) is 0 Å². The van der Waals surface area contributed by atoms with Crippen LogP contribution >= 0.6 is 0 Å². The van der Waals surface area contributed by atoms with Crippen LogP contribution in [0.4, 0.5) is 0 Å². The van der Waals surface area contributed by atoms with Gasteiger partial charge in [-0.05, 0) is 24.0 Å². The number of allylic oxidation sites excluding steroid dienone is 8. The molecular weight excluding hydrogens is 168 g/mol. The molecule has 1 aliphatic carbocycles. The molecular formula is C14H20. The Morgan fingerprint density at radius 2 is 2.14 bits per heavy atom. The zero-order chi connectivity index (χ0) is 10.8. The van der Waals surface area contributed by atoms with Crippen LogP contribution in [0, 0.1) is 0 Å².